The smallest absolute Gasteiger partial charge is 0.0867 e. The second kappa shape index (κ2) is 2.54. The molecule has 1 aliphatic carbocycles. The molecule has 1 nitrogen and oxygen atoms in total. The quantitative estimate of drug-likeness (QED) is 0.509. The molecule has 0 N–H and O–H groups in total. The van der Waals surface area contributed by atoms with Gasteiger partial charge in [0.2, 0.25) is 0 Å². The van der Waals surface area contributed by atoms with Crippen molar-refractivity contribution in [1.82, 2.24) is 0 Å². The molecule has 1 heterocycles. The Morgan fingerprint density at radius 2 is 1.70 bits per heavy atom. The highest BCUT2D eigenvalue weighted by Crippen LogP contribution is 2.37. The number of rotatable bonds is 1. The number of hydrogen-bond acceptors (Lipinski definition) is 1. The lowest BCUT2D eigenvalue weighted by atomic mass is 9.86. The van der Waals surface area contributed by atoms with Crippen LogP contribution in [0.3, 0.4) is 0 Å². The molecule has 1 saturated carbocycles. The highest BCUT2D eigenvalue weighted by atomic mass is 16.6. The van der Waals surface area contributed by atoms with Gasteiger partial charge in [0.15, 0.2) is 0 Å². The van der Waals surface area contributed by atoms with Crippen molar-refractivity contribution in [1.29, 1.82) is 0 Å². The van der Waals surface area contributed by atoms with Gasteiger partial charge in [-0.2, -0.15) is 0 Å². The maximum absolute atomic E-state index is 5.46. The van der Waals surface area contributed by atoms with Crippen LogP contribution in [0.2, 0.25) is 0 Å². The zero-order valence-corrected chi connectivity index (χ0v) is 6.68. The maximum atomic E-state index is 5.46. The van der Waals surface area contributed by atoms with Crippen molar-refractivity contribution >= 4 is 0 Å². The van der Waals surface area contributed by atoms with E-state index in [9.17, 15) is 0 Å². The summed E-state index contributed by atoms with van der Waals surface area (Å²) in [5.41, 5.74) is 0. The molecule has 2 fully saturated rings. The van der Waals surface area contributed by atoms with Crippen LogP contribution in [0.1, 0.15) is 39.0 Å². The van der Waals surface area contributed by atoms with Crippen LogP contribution in [0, 0.1) is 5.92 Å². The third-order valence-corrected chi connectivity index (χ3v) is 2.87. The fraction of sp³-hybridized carbons (Fsp3) is 1.00. The molecular formula is C9H16O. The van der Waals surface area contributed by atoms with E-state index in [2.05, 4.69) is 6.92 Å². The lowest BCUT2D eigenvalue weighted by molar-refractivity contribution is 0.263. The molecule has 0 spiro atoms. The first-order chi connectivity index (χ1) is 4.88. The third kappa shape index (κ3) is 1.20. The molecule has 1 saturated heterocycles. The molecule has 1 heteroatoms. The van der Waals surface area contributed by atoms with E-state index < -0.39 is 0 Å². The van der Waals surface area contributed by atoms with Crippen LogP contribution in [0.25, 0.3) is 0 Å². The second-order valence-corrected chi connectivity index (χ2v) is 3.70. The van der Waals surface area contributed by atoms with Gasteiger partial charge < -0.3 is 4.74 Å². The molecule has 2 aliphatic rings. The molecule has 0 amide bonds. The Morgan fingerprint density at radius 1 is 1.10 bits per heavy atom. The van der Waals surface area contributed by atoms with Gasteiger partial charge in [0.25, 0.3) is 0 Å². The van der Waals surface area contributed by atoms with Crippen molar-refractivity contribution in [3.8, 4) is 0 Å². The Morgan fingerprint density at radius 3 is 2.20 bits per heavy atom. The zero-order chi connectivity index (χ0) is 6.97. The van der Waals surface area contributed by atoms with Crippen LogP contribution < -0.4 is 0 Å². The van der Waals surface area contributed by atoms with E-state index in [1.54, 1.807) is 0 Å². The van der Waals surface area contributed by atoms with E-state index in [1.165, 1.54) is 32.1 Å². The standard InChI is InChI=1S/C9H16O/c1-7-9(10-7)8-5-3-2-4-6-8/h7-9H,2-6H2,1H3/t7-,9+/m1/s1. The third-order valence-electron chi connectivity index (χ3n) is 2.87. The van der Waals surface area contributed by atoms with Crippen molar-refractivity contribution in [2.45, 2.75) is 51.2 Å². The Balaban J connectivity index is 1.81. The van der Waals surface area contributed by atoms with Gasteiger partial charge in [-0.3, -0.25) is 0 Å². The summed E-state index contributed by atoms with van der Waals surface area (Å²) in [6.07, 6.45) is 8.43. The van der Waals surface area contributed by atoms with E-state index in [0.717, 1.165) is 5.92 Å². The molecule has 58 valence electrons. The molecule has 0 radical (unpaired) electrons. The fourth-order valence-corrected chi connectivity index (χ4v) is 2.16. The number of hydrogen-bond donors (Lipinski definition) is 0. The average Bonchev–Trinajstić information content (AvgIpc) is 2.69. The molecule has 0 aromatic carbocycles. The highest BCUT2D eigenvalue weighted by molar-refractivity contribution is 4.88. The minimum Gasteiger partial charge on any atom is -0.370 e. The number of epoxide rings is 1. The normalized spacial score (nSPS) is 41.7. The van der Waals surface area contributed by atoms with Crippen LogP contribution in [0.4, 0.5) is 0 Å². The van der Waals surface area contributed by atoms with Gasteiger partial charge in [-0.05, 0) is 25.7 Å². The summed E-state index contributed by atoms with van der Waals surface area (Å²) in [4.78, 5) is 0. The SMILES string of the molecule is C[C@H]1O[C@@H]1C1CCCCC1. The molecule has 0 bridgehead atoms. The minimum atomic E-state index is 0.586. The molecule has 0 unspecified atom stereocenters. The van der Waals surface area contributed by atoms with E-state index in [0.29, 0.717) is 12.2 Å². The first kappa shape index (κ1) is 6.66. The van der Waals surface area contributed by atoms with Crippen molar-refractivity contribution in [3.05, 3.63) is 0 Å². The predicted molar refractivity (Wildman–Crippen MR) is 40.9 cm³/mol. The predicted octanol–water partition coefficient (Wildman–Crippen LogP) is 2.35. The zero-order valence-electron chi connectivity index (χ0n) is 6.68. The molecule has 2 rings (SSSR count). The molecule has 0 aromatic heterocycles. The van der Waals surface area contributed by atoms with Crippen LogP contribution >= 0.6 is 0 Å². The topological polar surface area (TPSA) is 12.5 Å². The van der Waals surface area contributed by atoms with Crippen molar-refractivity contribution in [3.63, 3.8) is 0 Å². The van der Waals surface area contributed by atoms with Crippen LogP contribution in [-0.2, 0) is 4.74 Å². The van der Waals surface area contributed by atoms with Crippen LogP contribution in [0.5, 0.6) is 0 Å². The summed E-state index contributed by atoms with van der Waals surface area (Å²) in [6, 6.07) is 0. The summed E-state index contributed by atoms with van der Waals surface area (Å²) >= 11 is 0. The minimum absolute atomic E-state index is 0.586. The summed E-state index contributed by atoms with van der Waals surface area (Å²) in [6.45, 7) is 2.19. The first-order valence-electron chi connectivity index (χ1n) is 4.53. The highest BCUT2D eigenvalue weighted by Gasteiger charge is 2.40. The summed E-state index contributed by atoms with van der Waals surface area (Å²) < 4.78 is 5.46. The van der Waals surface area contributed by atoms with Crippen molar-refractivity contribution in [2.75, 3.05) is 0 Å². The molecule has 2 atom stereocenters. The van der Waals surface area contributed by atoms with Gasteiger partial charge in [-0.1, -0.05) is 19.3 Å². The van der Waals surface area contributed by atoms with E-state index >= 15 is 0 Å². The van der Waals surface area contributed by atoms with Gasteiger partial charge in [0.05, 0.1) is 12.2 Å². The van der Waals surface area contributed by atoms with Gasteiger partial charge in [-0.15, -0.1) is 0 Å². The Kier molecular flexibility index (Phi) is 1.69. The van der Waals surface area contributed by atoms with E-state index in [4.69, 9.17) is 4.74 Å². The molecule has 0 aromatic rings. The Labute approximate surface area is 62.8 Å². The first-order valence-corrected chi connectivity index (χ1v) is 4.53. The number of ether oxygens (including phenoxy) is 1. The van der Waals surface area contributed by atoms with Crippen LogP contribution in [-0.4, -0.2) is 12.2 Å². The summed E-state index contributed by atoms with van der Waals surface area (Å²) in [7, 11) is 0. The van der Waals surface area contributed by atoms with E-state index in [1.807, 2.05) is 0 Å². The average molecular weight is 140 g/mol. The summed E-state index contributed by atoms with van der Waals surface area (Å²) in [5.74, 6) is 0.920. The lowest BCUT2D eigenvalue weighted by Gasteiger charge is -2.19. The van der Waals surface area contributed by atoms with Gasteiger partial charge in [0.1, 0.15) is 0 Å². The Bertz CT molecular complexity index is 116. The van der Waals surface area contributed by atoms with Gasteiger partial charge in [-0.25, -0.2) is 0 Å². The van der Waals surface area contributed by atoms with Crippen LogP contribution in [0.15, 0.2) is 0 Å². The van der Waals surface area contributed by atoms with Gasteiger partial charge >= 0.3 is 0 Å². The second-order valence-electron chi connectivity index (χ2n) is 3.70. The maximum Gasteiger partial charge on any atom is 0.0867 e. The van der Waals surface area contributed by atoms with Gasteiger partial charge in [0, 0.05) is 0 Å². The van der Waals surface area contributed by atoms with Crippen molar-refractivity contribution < 1.29 is 4.74 Å². The molecule has 10 heavy (non-hydrogen) atoms. The lowest BCUT2D eigenvalue weighted by Crippen LogP contribution is -2.13. The van der Waals surface area contributed by atoms with E-state index in [-0.39, 0.29) is 0 Å². The fourth-order valence-electron chi connectivity index (χ4n) is 2.16. The largest absolute Gasteiger partial charge is 0.370 e. The monoisotopic (exact) mass is 140 g/mol. The Hall–Kier alpha value is -0.0400. The molecule has 1 aliphatic heterocycles. The van der Waals surface area contributed by atoms with Crippen molar-refractivity contribution in [2.24, 2.45) is 5.92 Å². The summed E-state index contributed by atoms with van der Waals surface area (Å²) in [5, 5.41) is 0. The molecular weight excluding hydrogens is 124 g/mol.